The normalized spacial score (nSPS) is 11.2. The summed E-state index contributed by atoms with van der Waals surface area (Å²) in [6.07, 6.45) is -0.985. The van der Waals surface area contributed by atoms with E-state index in [-0.39, 0.29) is 17.5 Å². The van der Waals surface area contributed by atoms with Gasteiger partial charge in [0.2, 0.25) is 0 Å². The van der Waals surface area contributed by atoms with Gasteiger partial charge in [-0.1, -0.05) is 12.1 Å². The highest BCUT2D eigenvalue weighted by Crippen LogP contribution is 2.18. The van der Waals surface area contributed by atoms with Gasteiger partial charge < -0.3 is 10.2 Å². The lowest BCUT2D eigenvalue weighted by molar-refractivity contribution is -0.137. The molecular weight excluding hydrogens is 264 g/mol. The number of carboxylic acid groups (broad SMARTS) is 2. The Morgan fingerprint density at radius 2 is 1.61 bits per heavy atom. The largest absolute Gasteiger partial charge is 0.481 e. The van der Waals surface area contributed by atoms with Crippen LogP contribution in [-0.2, 0) is 32.5 Å². The predicted octanol–water partition coefficient (Wildman–Crippen LogP) is 0.187. The van der Waals surface area contributed by atoms with Crippen molar-refractivity contribution < 1.29 is 32.8 Å². The van der Waals surface area contributed by atoms with Crippen molar-refractivity contribution in [2.75, 3.05) is 0 Å². The summed E-state index contributed by atoms with van der Waals surface area (Å²) in [5.41, 5.74) is 0.106. The number of carbonyl (C=O) groups is 2. The van der Waals surface area contributed by atoms with E-state index in [0.717, 1.165) is 12.1 Å². The summed E-state index contributed by atoms with van der Waals surface area (Å²) < 4.78 is 30.9. The van der Waals surface area contributed by atoms with Gasteiger partial charge in [0, 0.05) is 0 Å². The Morgan fingerprint density at radius 1 is 1.06 bits per heavy atom. The molecule has 98 valence electrons. The molecule has 1 aromatic carbocycles. The molecule has 0 atom stereocenters. The lowest BCUT2D eigenvalue weighted by Crippen LogP contribution is -2.09. The number of rotatable bonds is 5. The van der Waals surface area contributed by atoms with Crippen LogP contribution in [0, 0.1) is 0 Å². The molecule has 0 radical (unpaired) electrons. The van der Waals surface area contributed by atoms with Crippen LogP contribution >= 0.6 is 0 Å². The minimum absolute atomic E-state index is 0.149. The van der Waals surface area contributed by atoms with Crippen molar-refractivity contribution in [1.29, 1.82) is 0 Å². The van der Waals surface area contributed by atoms with Crippen LogP contribution in [0.5, 0.6) is 0 Å². The van der Waals surface area contributed by atoms with Crippen molar-refractivity contribution in [1.82, 2.24) is 0 Å². The van der Waals surface area contributed by atoms with Crippen molar-refractivity contribution in [3.63, 3.8) is 0 Å². The molecular formula is C10H10O7S. The molecule has 0 saturated carbocycles. The Hall–Kier alpha value is -1.93. The molecule has 8 heteroatoms. The molecule has 18 heavy (non-hydrogen) atoms. The van der Waals surface area contributed by atoms with Crippen molar-refractivity contribution in [2.45, 2.75) is 17.7 Å². The molecule has 0 spiro atoms. The number of benzene rings is 1. The van der Waals surface area contributed by atoms with Gasteiger partial charge >= 0.3 is 11.9 Å². The third kappa shape index (κ3) is 3.82. The van der Waals surface area contributed by atoms with Gasteiger partial charge in [-0.15, -0.1) is 0 Å². The highest BCUT2D eigenvalue weighted by Gasteiger charge is 2.18. The molecule has 3 N–H and O–H groups in total. The molecule has 0 saturated heterocycles. The van der Waals surface area contributed by atoms with Gasteiger partial charge in [0.25, 0.3) is 10.1 Å². The van der Waals surface area contributed by atoms with Crippen LogP contribution in [0.2, 0.25) is 0 Å². The molecule has 0 aliphatic rings. The van der Waals surface area contributed by atoms with Gasteiger partial charge in [0.15, 0.2) is 0 Å². The lowest BCUT2D eigenvalue weighted by Gasteiger charge is -2.07. The molecule has 7 nitrogen and oxygen atoms in total. The highest BCUT2D eigenvalue weighted by molar-refractivity contribution is 7.85. The lowest BCUT2D eigenvalue weighted by atomic mass is 10.1. The second-order valence-corrected chi connectivity index (χ2v) is 4.95. The fourth-order valence-electron chi connectivity index (χ4n) is 1.47. The summed E-state index contributed by atoms with van der Waals surface area (Å²) in [7, 11) is -4.54. The molecule has 0 heterocycles. The number of hydrogen-bond donors (Lipinski definition) is 3. The Bertz CT molecular complexity index is 588. The first kappa shape index (κ1) is 14.1. The van der Waals surface area contributed by atoms with E-state index in [1.807, 2.05) is 0 Å². The second-order valence-electron chi connectivity index (χ2n) is 3.56. The molecule has 0 aromatic heterocycles. The third-order valence-corrected chi connectivity index (χ3v) is 3.05. The van der Waals surface area contributed by atoms with E-state index in [0.29, 0.717) is 0 Å². The van der Waals surface area contributed by atoms with E-state index < -0.39 is 33.4 Å². The van der Waals surface area contributed by atoms with Gasteiger partial charge in [-0.25, -0.2) is 0 Å². The van der Waals surface area contributed by atoms with E-state index in [4.69, 9.17) is 14.8 Å². The van der Waals surface area contributed by atoms with Crippen LogP contribution in [0.25, 0.3) is 0 Å². The first-order valence-electron chi connectivity index (χ1n) is 4.73. The minimum Gasteiger partial charge on any atom is -0.481 e. The standard InChI is InChI=1S/C10H10O7S/c11-9(12)4-6-1-2-8(18(15,16)17)7(3-6)5-10(13)14/h1-3H,4-5H2,(H,11,12)(H,13,14)(H,15,16,17). The smallest absolute Gasteiger partial charge is 0.307 e. The van der Waals surface area contributed by atoms with E-state index in [1.165, 1.54) is 6.07 Å². The first-order chi connectivity index (χ1) is 8.20. The Kier molecular flexibility index (Phi) is 4.04. The fraction of sp³-hybridized carbons (Fsp3) is 0.200. The molecule has 0 aliphatic heterocycles. The molecule has 0 unspecified atom stereocenters. The molecule has 0 aliphatic carbocycles. The van der Waals surface area contributed by atoms with Crippen molar-refractivity contribution in [2.24, 2.45) is 0 Å². The second kappa shape index (κ2) is 5.15. The summed E-state index contributed by atoms with van der Waals surface area (Å²) >= 11 is 0. The molecule has 0 amide bonds. The van der Waals surface area contributed by atoms with Crippen molar-refractivity contribution in [3.05, 3.63) is 29.3 Å². The Labute approximate surface area is 102 Å². The number of hydrogen-bond acceptors (Lipinski definition) is 4. The van der Waals surface area contributed by atoms with Crippen molar-refractivity contribution in [3.8, 4) is 0 Å². The summed E-state index contributed by atoms with van der Waals surface area (Å²) in [4.78, 5) is 20.6. The van der Waals surface area contributed by atoms with Crippen LogP contribution < -0.4 is 0 Å². The summed E-state index contributed by atoms with van der Waals surface area (Å²) in [5, 5.41) is 17.2. The van der Waals surface area contributed by atoms with Gasteiger partial charge in [0.1, 0.15) is 0 Å². The van der Waals surface area contributed by atoms with Crippen LogP contribution in [0.4, 0.5) is 0 Å². The molecule has 1 rings (SSSR count). The molecule has 1 aromatic rings. The zero-order valence-corrected chi connectivity index (χ0v) is 9.85. The maximum absolute atomic E-state index is 11.0. The number of aliphatic carboxylic acids is 2. The van der Waals surface area contributed by atoms with Crippen LogP contribution in [0.1, 0.15) is 11.1 Å². The molecule has 0 fully saturated rings. The third-order valence-electron chi connectivity index (χ3n) is 2.10. The first-order valence-corrected chi connectivity index (χ1v) is 6.17. The zero-order valence-electron chi connectivity index (χ0n) is 9.03. The van der Waals surface area contributed by atoms with Gasteiger partial charge in [0.05, 0.1) is 17.7 Å². The Balaban J connectivity index is 3.29. The fourth-order valence-corrected chi connectivity index (χ4v) is 2.17. The topological polar surface area (TPSA) is 129 Å². The van der Waals surface area contributed by atoms with E-state index in [1.54, 1.807) is 0 Å². The van der Waals surface area contributed by atoms with E-state index >= 15 is 0 Å². The van der Waals surface area contributed by atoms with Crippen LogP contribution in [0.3, 0.4) is 0 Å². The minimum atomic E-state index is -4.54. The van der Waals surface area contributed by atoms with E-state index in [9.17, 15) is 18.0 Å². The highest BCUT2D eigenvalue weighted by atomic mass is 32.2. The molecule has 0 bridgehead atoms. The van der Waals surface area contributed by atoms with E-state index in [2.05, 4.69) is 0 Å². The quantitative estimate of drug-likeness (QED) is 0.653. The van der Waals surface area contributed by atoms with Crippen molar-refractivity contribution >= 4 is 22.1 Å². The summed E-state index contributed by atoms with van der Waals surface area (Å²) in [6, 6.07) is 3.35. The summed E-state index contributed by atoms with van der Waals surface area (Å²) in [5.74, 6) is -2.41. The maximum atomic E-state index is 11.0. The van der Waals surface area contributed by atoms with Gasteiger partial charge in [-0.2, -0.15) is 8.42 Å². The Morgan fingerprint density at radius 3 is 2.06 bits per heavy atom. The average molecular weight is 274 g/mol. The maximum Gasteiger partial charge on any atom is 0.307 e. The summed E-state index contributed by atoms with van der Waals surface area (Å²) in [6.45, 7) is 0. The average Bonchev–Trinajstić information content (AvgIpc) is 2.13. The van der Waals surface area contributed by atoms with Gasteiger partial charge in [-0.3, -0.25) is 14.1 Å². The predicted molar refractivity (Wildman–Crippen MR) is 58.9 cm³/mol. The van der Waals surface area contributed by atoms with Crippen LogP contribution in [-0.4, -0.2) is 35.1 Å². The number of carboxylic acids is 2. The van der Waals surface area contributed by atoms with Crippen LogP contribution in [0.15, 0.2) is 23.1 Å². The monoisotopic (exact) mass is 274 g/mol. The van der Waals surface area contributed by atoms with Gasteiger partial charge in [-0.05, 0) is 17.2 Å². The zero-order chi connectivity index (χ0) is 13.9. The SMILES string of the molecule is O=C(O)Cc1ccc(S(=O)(=O)O)c(CC(=O)O)c1.